The number of nitrogens with two attached hydrogens (primary N) is 1. The molecule has 0 fully saturated rings. The monoisotopic (exact) mass is 279 g/mol. The number of nitrogens with one attached hydrogen (secondary N) is 1. The van der Waals surface area contributed by atoms with E-state index in [9.17, 15) is 4.79 Å². The SMILES string of the molecule is CCOc1cc(NC(C)C(=O)N(CC)CC)ccc1N. The average Bonchev–Trinajstić information content (AvgIpc) is 2.44. The number of nitrogen functional groups attached to an aromatic ring is 1. The molecular formula is C15H25N3O2. The molecule has 1 unspecified atom stereocenters. The van der Waals surface area contributed by atoms with Gasteiger partial charge in [0.15, 0.2) is 0 Å². The van der Waals surface area contributed by atoms with Crippen molar-refractivity contribution in [1.82, 2.24) is 4.90 Å². The summed E-state index contributed by atoms with van der Waals surface area (Å²) in [5.74, 6) is 0.727. The number of carbonyl (C=O) groups excluding carboxylic acids is 1. The first-order valence-electron chi connectivity index (χ1n) is 7.11. The van der Waals surface area contributed by atoms with Crippen molar-refractivity contribution in [2.45, 2.75) is 33.7 Å². The summed E-state index contributed by atoms with van der Waals surface area (Å²) < 4.78 is 5.45. The first-order chi connectivity index (χ1) is 9.53. The fourth-order valence-corrected chi connectivity index (χ4v) is 2.03. The zero-order chi connectivity index (χ0) is 15.1. The molecule has 0 heterocycles. The lowest BCUT2D eigenvalue weighted by Crippen LogP contribution is -2.41. The van der Waals surface area contributed by atoms with Crippen molar-refractivity contribution in [3.05, 3.63) is 18.2 Å². The summed E-state index contributed by atoms with van der Waals surface area (Å²) in [6.07, 6.45) is 0. The van der Waals surface area contributed by atoms with E-state index in [-0.39, 0.29) is 11.9 Å². The van der Waals surface area contributed by atoms with Crippen LogP contribution in [0.25, 0.3) is 0 Å². The molecule has 1 aromatic rings. The Kier molecular flexibility index (Phi) is 6.15. The smallest absolute Gasteiger partial charge is 0.244 e. The van der Waals surface area contributed by atoms with E-state index >= 15 is 0 Å². The summed E-state index contributed by atoms with van der Waals surface area (Å²) in [6.45, 7) is 9.71. The molecule has 0 aliphatic rings. The third-order valence-electron chi connectivity index (χ3n) is 3.14. The number of hydrogen-bond acceptors (Lipinski definition) is 4. The number of nitrogens with zero attached hydrogens (tertiary/aromatic N) is 1. The highest BCUT2D eigenvalue weighted by Crippen LogP contribution is 2.25. The number of carbonyl (C=O) groups is 1. The molecule has 1 rings (SSSR count). The van der Waals surface area contributed by atoms with Crippen LogP contribution in [0.2, 0.25) is 0 Å². The number of amides is 1. The first kappa shape index (κ1) is 16.1. The zero-order valence-electron chi connectivity index (χ0n) is 12.8. The number of rotatable bonds is 7. The highest BCUT2D eigenvalue weighted by molar-refractivity contribution is 5.84. The summed E-state index contributed by atoms with van der Waals surface area (Å²) in [6, 6.07) is 5.17. The van der Waals surface area contributed by atoms with Crippen molar-refractivity contribution >= 4 is 17.3 Å². The van der Waals surface area contributed by atoms with Gasteiger partial charge in [0.1, 0.15) is 11.8 Å². The van der Waals surface area contributed by atoms with Crippen LogP contribution in [0.4, 0.5) is 11.4 Å². The predicted octanol–water partition coefficient (Wildman–Crippen LogP) is 2.34. The third kappa shape index (κ3) is 4.05. The minimum absolute atomic E-state index is 0.0878. The Labute approximate surface area is 121 Å². The second kappa shape index (κ2) is 7.62. The maximum atomic E-state index is 12.2. The summed E-state index contributed by atoms with van der Waals surface area (Å²) in [4.78, 5) is 14.0. The number of hydrogen-bond donors (Lipinski definition) is 2. The van der Waals surface area contributed by atoms with Crippen LogP contribution < -0.4 is 15.8 Å². The fraction of sp³-hybridized carbons (Fsp3) is 0.533. The lowest BCUT2D eigenvalue weighted by atomic mass is 10.2. The van der Waals surface area contributed by atoms with Gasteiger partial charge in [0.05, 0.1) is 12.3 Å². The van der Waals surface area contributed by atoms with Gasteiger partial charge in [0, 0.05) is 24.8 Å². The molecule has 0 bridgehead atoms. The van der Waals surface area contributed by atoms with Crippen LogP contribution in [0.5, 0.6) is 5.75 Å². The van der Waals surface area contributed by atoms with E-state index in [1.54, 1.807) is 11.0 Å². The standard InChI is InChI=1S/C15H25N3O2/c1-5-18(6-2)15(19)11(4)17-12-8-9-13(16)14(10-12)20-7-3/h8-11,17H,5-7,16H2,1-4H3. The fourth-order valence-electron chi connectivity index (χ4n) is 2.03. The highest BCUT2D eigenvalue weighted by atomic mass is 16.5. The predicted molar refractivity (Wildman–Crippen MR) is 83.0 cm³/mol. The summed E-state index contributed by atoms with van der Waals surface area (Å²) >= 11 is 0. The molecule has 5 heteroatoms. The molecule has 20 heavy (non-hydrogen) atoms. The molecule has 0 radical (unpaired) electrons. The van der Waals surface area contributed by atoms with E-state index in [4.69, 9.17) is 10.5 Å². The molecule has 1 aromatic carbocycles. The minimum Gasteiger partial charge on any atom is -0.492 e. The van der Waals surface area contributed by atoms with E-state index in [1.165, 1.54) is 0 Å². The maximum Gasteiger partial charge on any atom is 0.244 e. The molecule has 0 saturated carbocycles. The van der Waals surface area contributed by atoms with Gasteiger partial charge in [0.2, 0.25) is 5.91 Å². The van der Waals surface area contributed by atoms with Gasteiger partial charge in [0.25, 0.3) is 0 Å². The number of ether oxygens (including phenoxy) is 1. The van der Waals surface area contributed by atoms with Crippen LogP contribution in [0.15, 0.2) is 18.2 Å². The lowest BCUT2D eigenvalue weighted by Gasteiger charge is -2.24. The van der Waals surface area contributed by atoms with Crippen LogP contribution in [0.1, 0.15) is 27.7 Å². The van der Waals surface area contributed by atoms with Crippen LogP contribution in [0, 0.1) is 0 Å². The molecule has 112 valence electrons. The van der Waals surface area contributed by atoms with Gasteiger partial charge in [-0.3, -0.25) is 4.79 Å². The van der Waals surface area contributed by atoms with E-state index in [0.717, 1.165) is 5.69 Å². The molecule has 0 aromatic heterocycles. The first-order valence-corrected chi connectivity index (χ1v) is 7.11. The van der Waals surface area contributed by atoms with Gasteiger partial charge in [-0.05, 0) is 39.8 Å². The van der Waals surface area contributed by atoms with Gasteiger partial charge < -0.3 is 20.7 Å². The van der Waals surface area contributed by atoms with Crippen molar-refractivity contribution < 1.29 is 9.53 Å². The van der Waals surface area contributed by atoms with Gasteiger partial charge in [-0.25, -0.2) is 0 Å². The van der Waals surface area contributed by atoms with E-state index in [2.05, 4.69) is 5.32 Å². The van der Waals surface area contributed by atoms with E-state index in [0.29, 0.717) is 31.1 Å². The largest absolute Gasteiger partial charge is 0.492 e. The highest BCUT2D eigenvalue weighted by Gasteiger charge is 2.18. The van der Waals surface area contributed by atoms with Crippen LogP contribution in [0.3, 0.4) is 0 Å². The Hall–Kier alpha value is -1.91. The van der Waals surface area contributed by atoms with Gasteiger partial charge in [-0.1, -0.05) is 0 Å². The second-order valence-corrected chi connectivity index (χ2v) is 4.56. The molecule has 0 spiro atoms. The van der Waals surface area contributed by atoms with Crippen LogP contribution in [-0.2, 0) is 4.79 Å². The van der Waals surface area contributed by atoms with Crippen LogP contribution >= 0.6 is 0 Å². The van der Waals surface area contributed by atoms with Crippen molar-refractivity contribution in [3.63, 3.8) is 0 Å². The molecule has 5 nitrogen and oxygen atoms in total. The second-order valence-electron chi connectivity index (χ2n) is 4.56. The Balaban J connectivity index is 2.77. The summed E-state index contributed by atoms with van der Waals surface area (Å²) in [5.41, 5.74) is 7.26. The molecule has 0 aliphatic heterocycles. The number of likely N-dealkylation sites (N-methyl/N-ethyl adjacent to an activating group) is 1. The molecule has 1 atom stereocenters. The molecule has 0 saturated heterocycles. The van der Waals surface area contributed by atoms with Crippen molar-refractivity contribution in [1.29, 1.82) is 0 Å². The Bertz CT molecular complexity index is 445. The van der Waals surface area contributed by atoms with Crippen molar-refractivity contribution in [2.24, 2.45) is 0 Å². The lowest BCUT2D eigenvalue weighted by molar-refractivity contribution is -0.131. The van der Waals surface area contributed by atoms with Crippen molar-refractivity contribution in [2.75, 3.05) is 30.7 Å². The molecule has 1 amide bonds. The van der Waals surface area contributed by atoms with Crippen LogP contribution in [-0.4, -0.2) is 36.5 Å². The normalized spacial score (nSPS) is 11.8. The number of anilines is 2. The van der Waals surface area contributed by atoms with Gasteiger partial charge >= 0.3 is 0 Å². The van der Waals surface area contributed by atoms with Gasteiger partial charge in [-0.2, -0.15) is 0 Å². The Morgan fingerprint density at radius 3 is 2.55 bits per heavy atom. The zero-order valence-corrected chi connectivity index (χ0v) is 12.8. The Morgan fingerprint density at radius 2 is 2.00 bits per heavy atom. The summed E-state index contributed by atoms with van der Waals surface area (Å²) in [5, 5.41) is 3.19. The van der Waals surface area contributed by atoms with E-state index < -0.39 is 0 Å². The van der Waals surface area contributed by atoms with Gasteiger partial charge in [-0.15, -0.1) is 0 Å². The number of benzene rings is 1. The quantitative estimate of drug-likeness (QED) is 0.752. The van der Waals surface area contributed by atoms with Crippen molar-refractivity contribution in [3.8, 4) is 5.75 Å². The molecule has 0 aliphatic carbocycles. The maximum absolute atomic E-state index is 12.2. The molecule has 3 N–H and O–H groups in total. The molecular weight excluding hydrogens is 254 g/mol. The minimum atomic E-state index is -0.284. The van der Waals surface area contributed by atoms with E-state index in [1.807, 2.05) is 39.8 Å². The Morgan fingerprint density at radius 1 is 1.35 bits per heavy atom. The average molecular weight is 279 g/mol. The third-order valence-corrected chi connectivity index (χ3v) is 3.14. The summed E-state index contributed by atoms with van der Waals surface area (Å²) in [7, 11) is 0. The topological polar surface area (TPSA) is 67.6 Å².